The van der Waals surface area contributed by atoms with E-state index in [0.29, 0.717) is 108 Å². The molecule has 17 nitrogen and oxygen atoms in total. The van der Waals surface area contributed by atoms with Gasteiger partial charge in [-0.1, -0.05) is 30.4 Å². The van der Waals surface area contributed by atoms with Gasteiger partial charge in [0.05, 0.1) is 60.6 Å². The van der Waals surface area contributed by atoms with E-state index >= 15 is 0 Å². The number of unbranched alkanes of at least 4 members (excludes halogenated alkanes) is 2. The molecule has 2 N–H and O–H groups in total. The summed E-state index contributed by atoms with van der Waals surface area (Å²) in [7, 11) is -12.3. The highest BCUT2D eigenvalue weighted by Crippen LogP contribution is 2.50. The van der Waals surface area contributed by atoms with E-state index in [1.165, 1.54) is 24.3 Å². The minimum absolute atomic E-state index is 0.00726. The van der Waals surface area contributed by atoms with Crippen molar-refractivity contribution in [3.8, 4) is 0 Å². The number of carboxylic acids is 1. The van der Waals surface area contributed by atoms with Gasteiger partial charge in [-0.25, -0.2) is 16.8 Å². The number of rotatable bonds is 29. The van der Waals surface area contributed by atoms with Gasteiger partial charge in [-0.15, -0.1) is 0 Å². The summed E-state index contributed by atoms with van der Waals surface area (Å²) in [5.74, 6) is -1.44. The van der Waals surface area contributed by atoms with Crippen LogP contribution in [0.4, 0.5) is 11.4 Å². The summed E-state index contributed by atoms with van der Waals surface area (Å²) in [5, 5.41) is 9.12. The molecule has 0 bridgehead atoms. The fourth-order valence-electron chi connectivity index (χ4n) is 8.26. The monoisotopic (exact) mass is 965 g/mol. The van der Waals surface area contributed by atoms with E-state index in [0.717, 1.165) is 11.4 Å². The molecule has 20 heteroatoms. The number of carboxylic acid groups (broad SMARTS) is 1. The van der Waals surface area contributed by atoms with Crippen LogP contribution in [0.15, 0.2) is 94.4 Å². The van der Waals surface area contributed by atoms with Gasteiger partial charge in [0.2, 0.25) is 5.69 Å². The van der Waals surface area contributed by atoms with Crippen LogP contribution in [0.2, 0.25) is 0 Å². The molecule has 2 aromatic rings. The Labute approximate surface area is 383 Å². The van der Waals surface area contributed by atoms with Crippen LogP contribution >= 0.6 is 0 Å². The van der Waals surface area contributed by atoms with E-state index in [4.69, 9.17) is 24.1 Å². The van der Waals surface area contributed by atoms with Crippen molar-refractivity contribution in [1.82, 2.24) is 0 Å². The van der Waals surface area contributed by atoms with Crippen molar-refractivity contribution in [3.05, 3.63) is 95.8 Å². The summed E-state index contributed by atoms with van der Waals surface area (Å²) in [6.07, 6.45) is 15.0. The maximum Gasteiger partial charge on any atom is 0.303 e. The van der Waals surface area contributed by atoms with Gasteiger partial charge in [-0.05, 0) is 94.8 Å². The van der Waals surface area contributed by atoms with Crippen molar-refractivity contribution in [2.45, 2.75) is 86.3 Å². The largest absolute Gasteiger partial charge is 0.744 e. The smallest absolute Gasteiger partial charge is 0.303 e. The lowest BCUT2D eigenvalue weighted by atomic mass is 9.76. The highest BCUT2D eigenvalue weighted by Gasteiger charge is 2.48. The molecule has 0 fully saturated rings. The van der Waals surface area contributed by atoms with Crippen molar-refractivity contribution in [1.29, 1.82) is 0 Å². The maximum absolute atomic E-state index is 12.1. The number of benzene rings is 2. The van der Waals surface area contributed by atoms with Gasteiger partial charge in [-0.2, -0.15) is 13.0 Å². The van der Waals surface area contributed by atoms with Crippen LogP contribution < -0.4 is 4.90 Å². The molecule has 0 aromatic heterocycles. The van der Waals surface area contributed by atoms with Crippen LogP contribution in [0, 0.1) is 0 Å². The quantitative estimate of drug-likeness (QED) is 0.0436. The Morgan fingerprint density at radius 2 is 1.32 bits per heavy atom. The van der Waals surface area contributed by atoms with Crippen molar-refractivity contribution in [3.63, 3.8) is 0 Å². The first-order valence-corrected chi connectivity index (χ1v) is 25.8. The molecular weight excluding hydrogens is 905 g/mol. The predicted octanol–water partition coefficient (Wildman–Crippen LogP) is 5.60. The second-order valence-corrected chi connectivity index (χ2v) is 20.4. The average Bonchev–Trinajstić information content (AvgIpc) is 3.60. The molecule has 2 aliphatic heterocycles. The molecule has 65 heavy (non-hydrogen) atoms. The SMILES string of the molecule is CCN1/C(=C/C=C/C=C/C=C/C2=[N+](CCCCCC(=O)O)c3ccc(S(=O)(=O)[O-])cc3C2(C)CCCS(=O)(=O)O)C(C)(CCOCCOCCOCCOC)c2cc(S(=O)(=O)[O-])ccc21. The Balaban J connectivity index is 1.61. The molecule has 0 amide bonds. The molecule has 2 heterocycles. The van der Waals surface area contributed by atoms with Gasteiger partial charge >= 0.3 is 5.97 Å². The Hall–Kier alpha value is -4.09. The van der Waals surface area contributed by atoms with Gasteiger partial charge in [0, 0.05) is 67.6 Å². The molecule has 2 aliphatic rings. The lowest BCUT2D eigenvalue weighted by Crippen LogP contribution is -2.32. The third kappa shape index (κ3) is 15.0. The highest BCUT2D eigenvalue weighted by molar-refractivity contribution is 7.86. The second kappa shape index (κ2) is 24.1. The number of fused-ring (bicyclic) bond motifs is 2. The van der Waals surface area contributed by atoms with Gasteiger partial charge in [0.15, 0.2) is 5.71 Å². The first-order valence-electron chi connectivity index (χ1n) is 21.4. The second-order valence-electron chi connectivity index (χ2n) is 16.1. The number of hydrogen-bond acceptors (Lipinski definition) is 14. The van der Waals surface area contributed by atoms with E-state index in [-0.39, 0.29) is 24.2 Å². The molecule has 2 unspecified atom stereocenters. The molecular formula is C45H61N2O15S3-. The van der Waals surface area contributed by atoms with Crippen LogP contribution in [0.1, 0.15) is 76.8 Å². The lowest BCUT2D eigenvalue weighted by Gasteiger charge is -2.30. The number of likely N-dealkylation sites (N-methyl/N-ethyl adjacent to an activating group) is 1. The fourth-order valence-corrected chi connectivity index (χ4v) is 9.76. The minimum atomic E-state index is -4.84. The van der Waals surface area contributed by atoms with Crippen molar-refractivity contribution < 1.29 is 72.3 Å². The predicted molar refractivity (Wildman–Crippen MR) is 243 cm³/mol. The Morgan fingerprint density at radius 1 is 0.738 bits per heavy atom. The fraction of sp³-hybridized carbons (Fsp3) is 0.511. The van der Waals surface area contributed by atoms with Gasteiger partial charge in [0.25, 0.3) is 10.1 Å². The van der Waals surface area contributed by atoms with Crippen LogP contribution in [-0.4, -0.2) is 132 Å². The summed E-state index contributed by atoms with van der Waals surface area (Å²) < 4.78 is 129. The number of allylic oxidation sites excluding steroid dienone is 8. The minimum Gasteiger partial charge on any atom is -0.744 e. The number of anilines is 1. The van der Waals surface area contributed by atoms with E-state index < -0.39 is 57.8 Å². The topological polar surface area (TPSA) is 249 Å². The molecule has 0 saturated carbocycles. The van der Waals surface area contributed by atoms with Gasteiger partial charge in [0.1, 0.15) is 26.8 Å². The molecule has 4 rings (SSSR count). The Kier molecular flexibility index (Phi) is 19.8. The summed E-state index contributed by atoms with van der Waals surface area (Å²) in [5.41, 5.74) is 2.41. The first kappa shape index (κ1) is 53.5. The summed E-state index contributed by atoms with van der Waals surface area (Å²) >= 11 is 0. The third-order valence-corrected chi connectivity index (χ3v) is 14.0. The third-order valence-electron chi connectivity index (χ3n) is 11.5. The molecule has 0 saturated heterocycles. The Bertz CT molecular complexity index is 2460. The Morgan fingerprint density at radius 3 is 1.92 bits per heavy atom. The number of aliphatic carboxylic acids is 1. The summed E-state index contributed by atoms with van der Waals surface area (Å²) in [4.78, 5) is 12.4. The van der Waals surface area contributed by atoms with Crippen molar-refractivity contribution in [2.75, 3.05) is 77.1 Å². The summed E-state index contributed by atoms with van der Waals surface area (Å²) in [6, 6.07) is 8.50. The van der Waals surface area contributed by atoms with Crippen LogP contribution in [0.3, 0.4) is 0 Å². The van der Waals surface area contributed by atoms with Gasteiger partial charge < -0.3 is 38.1 Å². The number of ether oxygens (including phenoxy) is 4. The van der Waals surface area contributed by atoms with Crippen molar-refractivity contribution >= 4 is 53.4 Å². The normalized spacial score (nSPS) is 19.7. The maximum atomic E-state index is 12.1. The molecule has 0 aliphatic carbocycles. The molecule has 360 valence electrons. The first-order chi connectivity index (χ1) is 30.7. The number of nitrogens with zero attached hydrogens (tertiary/aromatic N) is 2. The standard InChI is InChI=1S/C45H62N2O15S3/c1-5-46-39-20-18-35(64(53,54)55)33-37(39)45(3,23-25-60-28-29-62-31-30-61-27-26-59-4)41(46)15-10-7-6-8-11-16-42-44(2,22-14-32-63(50,51)52)38-34-36(65(56,57)58)19-21-40(38)47(42)24-13-9-12-17-43(48)49/h6-8,10-11,15-16,18-21,33-34H,5,9,12-14,17,22-32H2,1-4H3,(H3-,48,49,50,51,52,53,54,55,56,57,58)/p-1. The average molecular weight is 966 g/mol. The van der Waals surface area contributed by atoms with Crippen LogP contribution in [-0.2, 0) is 64.9 Å². The van der Waals surface area contributed by atoms with E-state index in [1.54, 1.807) is 43.5 Å². The molecule has 2 aromatic carbocycles. The zero-order valence-corrected chi connectivity index (χ0v) is 39.8. The zero-order valence-electron chi connectivity index (χ0n) is 37.3. The summed E-state index contributed by atoms with van der Waals surface area (Å²) in [6.45, 7) is 9.54. The molecule has 2 atom stereocenters. The van der Waals surface area contributed by atoms with Gasteiger partial charge in [-0.3, -0.25) is 9.35 Å². The highest BCUT2D eigenvalue weighted by atomic mass is 32.2. The zero-order chi connectivity index (χ0) is 47.9. The van der Waals surface area contributed by atoms with E-state index in [2.05, 4.69) is 4.90 Å². The molecule has 0 radical (unpaired) electrons. The van der Waals surface area contributed by atoms with Crippen molar-refractivity contribution in [2.24, 2.45) is 0 Å². The number of hydrogen-bond donors (Lipinski definition) is 2. The van der Waals surface area contributed by atoms with Crippen LogP contribution in [0.25, 0.3) is 0 Å². The molecule has 0 spiro atoms. The number of carbonyl (C=O) groups is 1. The lowest BCUT2D eigenvalue weighted by molar-refractivity contribution is -0.438. The van der Waals surface area contributed by atoms with E-state index in [1.807, 2.05) is 43.6 Å². The van der Waals surface area contributed by atoms with Crippen LogP contribution in [0.5, 0.6) is 0 Å². The van der Waals surface area contributed by atoms with E-state index in [9.17, 15) is 43.7 Å². The number of methoxy groups -OCH3 is 1.